The summed E-state index contributed by atoms with van der Waals surface area (Å²) in [6.45, 7) is 9.17. The van der Waals surface area contributed by atoms with Gasteiger partial charge in [0.25, 0.3) is 6.47 Å². The van der Waals surface area contributed by atoms with Crippen molar-refractivity contribution in [3.05, 3.63) is 16.6 Å². The van der Waals surface area contributed by atoms with Crippen molar-refractivity contribution in [1.82, 2.24) is 4.98 Å². The highest BCUT2D eigenvalue weighted by Gasteiger charge is 2.14. The first-order valence-corrected chi connectivity index (χ1v) is 5.40. The Kier molecular flexibility index (Phi) is 6.12. The van der Waals surface area contributed by atoms with E-state index in [1.54, 1.807) is 18.3 Å². The maximum atomic E-state index is 9.18. The molecule has 14 heavy (non-hydrogen) atoms. The highest BCUT2D eigenvalue weighted by molar-refractivity contribution is 7.07. The van der Waals surface area contributed by atoms with E-state index < -0.39 is 0 Å². The van der Waals surface area contributed by atoms with Crippen LogP contribution in [-0.4, -0.2) is 18.1 Å². The topological polar surface area (TPSA) is 39.2 Å². The van der Waals surface area contributed by atoms with Crippen LogP contribution in [-0.2, 0) is 14.9 Å². The Labute approximate surface area is 89.1 Å². The van der Waals surface area contributed by atoms with E-state index >= 15 is 0 Å². The molecule has 80 valence electrons. The van der Waals surface area contributed by atoms with Crippen molar-refractivity contribution in [3.8, 4) is 0 Å². The highest BCUT2D eigenvalue weighted by Crippen LogP contribution is 2.20. The largest absolute Gasteiger partial charge is 0.468 e. The van der Waals surface area contributed by atoms with Gasteiger partial charge in [0.05, 0.1) is 17.8 Å². The van der Waals surface area contributed by atoms with Crippen LogP contribution in [0.4, 0.5) is 0 Å². The van der Waals surface area contributed by atoms with Gasteiger partial charge in [-0.3, -0.25) is 4.79 Å². The van der Waals surface area contributed by atoms with Gasteiger partial charge in [-0.05, 0) is 6.92 Å². The summed E-state index contributed by atoms with van der Waals surface area (Å²) in [5.41, 5.74) is 3.29. The third-order valence-electron chi connectivity index (χ3n) is 1.44. The van der Waals surface area contributed by atoms with Crippen molar-refractivity contribution in [2.24, 2.45) is 0 Å². The summed E-state index contributed by atoms with van der Waals surface area (Å²) < 4.78 is 4.15. The number of thiazole rings is 1. The van der Waals surface area contributed by atoms with Gasteiger partial charge in [-0.15, -0.1) is 11.3 Å². The highest BCUT2D eigenvalue weighted by atomic mass is 32.1. The van der Waals surface area contributed by atoms with Gasteiger partial charge < -0.3 is 4.74 Å². The van der Waals surface area contributed by atoms with Crippen LogP contribution in [0.5, 0.6) is 0 Å². The zero-order valence-electron chi connectivity index (χ0n) is 9.11. The molecule has 0 atom stereocenters. The molecule has 0 fully saturated rings. The van der Waals surface area contributed by atoms with E-state index in [4.69, 9.17) is 0 Å². The summed E-state index contributed by atoms with van der Waals surface area (Å²) in [5, 5.41) is 2.10. The molecule has 0 aliphatic carbocycles. The number of aromatic nitrogens is 1. The molecular weight excluding hydrogens is 198 g/mol. The van der Waals surface area contributed by atoms with Crippen molar-refractivity contribution < 1.29 is 9.53 Å². The molecule has 0 aromatic carbocycles. The smallest absolute Gasteiger partial charge is 0.293 e. The Hall–Kier alpha value is -0.900. The number of carbonyl (C=O) groups excluding carboxylic acids is 1. The molecule has 0 saturated heterocycles. The van der Waals surface area contributed by atoms with Crippen LogP contribution in [0.2, 0.25) is 0 Å². The SMILES string of the molecule is CC(C)(C)c1cscn1.CCOC=O. The van der Waals surface area contributed by atoms with Crippen LogP contribution in [0, 0.1) is 0 Å². The monoisotopic (exact) mass is 215 g/mol. The van der Waals surface area contributed by atoms with E-state index in [-0.39, 0.29) is 5.41 Å². The number of carbonyl (C=O) groups is 1. The zero-order valence-corrected chi connectivity index (χ0v) is 9.93. The number of rotatable bonds is 2. The number of nitrogens with zero attached hydrogens (tertiary/aromatic N) is 1. The summed E-state index contributed by atoms with van der Waals surface area (Å²) in [5.74, 6) is 0. The van der Waals surface area contributed by atoms with Crippen molar-refractivity contribution in [2.45, 2.75) is 33.1 Å². The van der Waals surface area contributed by atoms with E-state index in [9.17, 15) is 4.79 Å². The molecule has 0 spiro atoms. The standard InChI is InChI=1S/C7H11NS.C3H6O2/c1-7(2,3)6-4-9-5-8-6;1-2-5-3-4/h4-5H,1-3H3;3H,2H2,1H3. The molecule has 0 bridgehead atoms. The molecule has 1 aromatic rings. The Bertz CT molecular complexity index is 239. The summed E-state index contributed by atoms with van der Waals surface area (Å²) >= 11 is 1.66. The van der Waals surface area contributed by atoms with Gasteiger partial charge in [0.15, 0.2) is 0 Å². The number of hydrogen-bond donors (Lipinski definition) is 0. The molecular formula is C10H17NO2S. The Morgan fingerprint density at radius 3 is 2.36 bits per heavy atom. The van der Waals surface area contributed by atoms with Crippen LogP contribution in [0.3, 0.4) is 0 Å². The Morgan fingerprint density at radius 1 is 1.57 bits per heavy atom. The predicted molar refractivity (Wildman–Crippen MR) is 58.5 cm³/mol. The fraction of sp³-hybridized carbons (Fsp3) is 0.600. The van der Waals surface area contributed by atoms with Crippen LogP contribution >= 0.6 is 11.3 Å². The van der Waals surface area contributed by atoms with Gasteiger partial charge >= 0.3 is 0 Å². The molecule has 0 amide bonds. The van der Waals surface area contributed by atoms with Gasteiger partial charge in [-0.25, -0.2) is 4.98 Å². The minimum Gasteiger partial charge on any atom is -0.468 e. The van der Waals surface area contributed by atoms with Crippen molar-refractivity contribution >= 4 is 17.8 Å². The first-order chi connectivity index (χ1) is 6.52. The summed E-state index contributed by atoms with van der Waals surface area (Å²) in [4.78, 5) is 13.4. The first kappa shape index (κ1) is 13.1. The first-order valence-electron chi connectivity index (χ1n) is 4.46. The molecule has 1 rings (SSSR count). The van der Waals surface area contributed by atoms with Crippen LogP contribution in [0.15, 0.2) is 10.9 Å². The lowest BCUT2D eigenvalue weighted by molar-refractivity contribution is -0.128. The molecule has 1 heterocycles. The van der Waals surface area contributed by atoms with Crippen molar-refractivity contribution in [2.75, 3.05) is 6.61 Å². The molecule has 0 N–H and O–H groups in total. The fourth-order valence-electron chi connectivity index (χ4n) is 0.651. The van der Waals surface area contributed by atoms with Gasteiger partial charge in [-0.2, -0.15) is 0 Å². The van der Waals surface area contributed by atoms with E-state index in [1.165, 1.54) is 5.69 Å². The van der Waals surface area contributed by atoms with Crippen LogP contribution in [0.25, 0.3) is 0 Å². The van der Waals surface area contributed by atoms with Crippen LogP contribution < -0.4 is 0 Å². The van der Waals surface area contributed by atoms with Crippen molar-refractivity contribution in [1.29, 1.82) is 0 Å². The lowest BCUT2D eigenvalue weighted by Crippen LogP contribution is -2.10. The number of hydrogen-bond acceptors (Lipinski definition) is 4. The lowest BCUT2D eigenvalue weighted by atomic mass is 9.93. The minimum absolute atomic E-state index is 0.222. The third-order valence-corrected chi connectivity index (χ3v) is 2.02. The third kappa shape index (κ3) is 5.70. The molecule has 0 radical (unpaired) electrons. The average Bonchev–Trinajstić information content (AvgIpc) is 2.57. The summed E-state index contributed by atoms with van der Waals surface area (Å²) in [6.07, 6.45) is 0. The fourth-order valence-corrected chi connectivity index (χ4v) is 1.43. The summed E-state index contributed by atoms with van der Waals surface area (Å²) in [7, 11) is 0. The molecule has 3 nitrogen and oxygen atoms in total. The van der Waals surface area contributed by atoms with Gasteiger partial charge in [-0.1, -0.05) is 20.8 Å². The maximum Gasteiger partial charge on any atom is 0.293 e. The quantitative estimate of drug-likeness (QED) is 0.712. The lowest BCUT2D eigenvalue weighted by Gasteiger charge is -2.13. The Balaban J connectivity index is 0.000000292. The maximum absolute atomic E-state index is 9.18. The van der Waals surface area contributed by atoms with Crippen LogP contribution in [0.1, 0.15) is 33.4 Å². The van der Waals surface area contributed by atoms with E-state index in [2.05, 4.69) is 35.9 Å². The normalized spacial score (nSPS) is 10.0. The van der Waals surface area contributed by atoms with Gasteiger partial charge in [0, 0.05) is 10.8 Å². The van der Waals surface area contributed by atoms with E-state index in [0.29, 0.717) is 13.1 Å². The number of ether oxygens (including phenoxy) is 1. The second-order valence-electron chi connectivity index (χ2n) is 3.68. The van der Waals surface area contributed by atoms with Gasteiger partial charge in [0.1, 0.15) is 0 Å². The van der Waals surface area contributed by atoms with E-state index in [1.807, 2.05) is 5.51 Å². The Morgan fingerprint density at radius 2 is 2.21 bits per heavy atom. The molecule has 0 aliphatic heterocycles. The second-order valence-corrected chi connectivity index (χ2v) is 4.39. The zero-order chi connectivity index (χ0) is 11.0. The average molecular weight is 215 g/mol. The second kappa shape index (κ2) is 6.54. The molecule has 0 saturated carbocycles. The molecule has 1 aromatic heterocycles. The van der Waals surface area contributed by atoms with E-state index in [0.717, 1.165) is 0 Å². The van der Waals surface area contributed by atoms with Crippen molar-refractivity contribution in [3.63, 3.8) is 0 Å². The molecule has 0 unspecified atom stereocenters. The predicted octanol–water partition coefficient (Wildman–Crippen LogP) is 2.62. The minimum atomic E-state index is 0.222. The summed E-state index contributed by atoms with van der Waals surface area (Å²) in [6, 6.07) is 0. The van der Waals surface area contributed by atoms with Gasteiger partial charge in [0.2, 0.25) is 0 Å². The molecule has 4 heteroatoms. The molecule has 0 aliphatic rings.